The topological polar surface area (TPSA) is 57.6 Å². The third-order valence-electron chi connectivity index (χ3n) is 3.20. The van der Waals surface area contributed by atoms with Crippen LogP contribution in [-0.4, -0.2) is 28.2 Å². The molecule has 102 valence electrons. The second-order valence-electron chi connectivity index (χ2n) is 4.46. The van der Waals surface area contributed by atoms with Crippen molar-refractivity contribution in [3.63, 3.8) is 0 Å². The van der Waals surface area contributed by atoms with E-state index in [1.807, 2.05) is 24.4 Å². The summed E-state index contributed by atoms with van der Waals surface area (Å²) in [6.07, 6.45) is 1.07. The summed E-state index contributed by atoms with van der Waals surface area (Å²) in [5.74, 6) is -0.974. The number of carbonyl (C=O) groups excluding carboxylic acids is 2. The zero-order valence-electron chi connectivity index (χ0n) is 11.0. The monoisotopic (exact) mass is 279 g/mol. The molecular weight excluding hydrogens is 262 g/mol. The van der Waals surface area contributed by atoms with Crippen molar-refractivity contribution in [2.45, 2.75) is 32.7 Å². The van der Waals surface area contributed by atoms with Gasteiger partial charge in [-0.25, -0.2) is 0 Å². The van der Waals surface area contributed by atoms with Crippen LogP contribution in [0.3, 0.4) is 0 Å². The average molecular weight is 279 g/mol. The van der Waals surface area contributed by atoms with E-state index in [2.05, 4.69) is 0 Å². The van der Waals surface area contributed by atoms with E-state index in [4.69, 9.17) is 0 Å². The van der Waals surface area contributed by atoms with Crippen LogP contribution in [0.15, 0.2) is 28.8 Å². The summed E-state index contributed by atoms with van der Waals surface area (Å²) in [4.78, 5) is 26.6. The van der Waals surface area contributed by atoms with Gasteiger partial charge in [-0.1, -0.05) is 19.9 Å². The Morgan fingerprint density at radius 2 is 2.21 bits per heavy atom. The second kappa shape index (κ2) is 5.57. The largest absolute Gasteiger partial charge is 0.503 e. The lowest BCUT2D eigenvalue weighted by Crippen LogP contribution is -2.31. The van der Waals surface area contributed by atoms with Crippen molar-refractivity contribution < 1.29 is 14.7 Å². The highest BCUT2D eigenvalue weighted by Crippen LogP contribution is 2.39. The summed E-state index contributed by atoms with van der Waals surface area (Å²) in [6.45, 7) is 4.24. The summed E-state index contributed by atoms with van der Waals surface area (Å²) in [5, 5.41) is 11.9. The van der Waals surface area contributed by atoms with Gasteiger partial charge in [-0.05, 0) is 17.9 Å². The Morgan fingerprint density at radius 1 is 1.47 bits per heavy atom. The van der Waals surface area contributed by atoms with Crippen molar-refractivity contribution in [3.05, 3.63) is 33.7 Å². The predicted molar refractivity (Wildman–Crippen MR) is 74.0 cm³/mol. The summed E-state index contributed by atoms with van der Waals surface area (Å²) in [5.41, 5.74) is 0.253. The van der Waals surface area contributed by atoms with E-state index in [0.29, 0.717) is 6.54 Å². The van der Waals surface area contributed by atoms with Gasteiger partial charge in [0.05, 0.1) is 11.6 Å². The SMILES string of the molecule is CCCN1C(=O)C(O)=C(C(=O)CC)C1c1cccs1. The van der Waals surface area contributed by atoms with Gasteiger partial charge in [0.25, 0.3) is 5.91 Å². The normalized spacial score (nSPS) is 19.4. The molecule has 0 saturated heterocycles. The van der Waals surface area contributed by atoms with Gasteiger partial charge < -0.3 is 10.0 Å². The third-order valence-corrected chi connectivity index (χ3v) is 4.13. The molecule has 1 aliphatic rings. The van der Waals surface area contributed by atoms with Gasteiger partial charge >= 0.3 is 0 Å². The minimum Gasteiger partial charge on any atom is -0.503 e. The summed E-state index contributed by atoms with van der Waals surface area (Å²) in [6, 6.07) is 3.37. The molecule has 5 heteroatoms. The van der Waals surface area contributed by atoms with E-state index in [1.165, 1.54) is 11.3 Å². The van der Waals surface area contributed by atoms with Crippen molar-refractivity contribution in [2.75, 3.05) is 6.54 Å². The molecule has 4 nitrogen and oxygen atoms in total. The lowest BCUT2D eigenvalue weighted by molar-refractivity contribution is -0.129. The van der Waals surface area contributed by atoms with Gasteiger partial charge in [-0.15, -0.1) is 11.3 Å². The maximum Gasteiger partial charge on any atom is 0.290 e. The van der Waals surface area contributed by atoms with Crippen LogP contribution in [0.5, 0.6) is 0 Å². The second-order valence-corrected chi connectivity index (χ2v) is 5.43. The highest BCUT2D eigenvalue weighted by atomic mass is 32.1. The Labute approximate surface area is 116 Å². The van der Waals surface area contributed by atoms with E-state index in [0.717, 1.165) is 11.3 Å². The predicted octanol–water partition coefficient (Wildman–Crippen LogP) is 2.83. The first kappa shape index (κ1) is 13.8. The van der Waals surface area contributed by atoms with Crippen LogP contribution in [0.4, 0.5) is 0 Å². The number of aliphatic hydroxyl groups is 1. The fourth-order valence-corrected chi connectivity index (χ4v) is 3.19. The molecule has 0 spiro atoms. The standard InChI is InChI=1S/C14H17NO3S/c1-3-7-15-12(10-6-5-8-19-10)11(9(16)4-2)13(17)14(15)18/h5-6,8,12,17H,3-4,7H2,1-2H3. The summed E-state index contributed by atoms with van der Waals surface area (Å²) in [7, 11) is 0. The van der Waals surface area contributed by atoms with E-state index in [9.17, 15) is 14.7 Å². The maximum atomic E-state index is 12.1. The number of aliphatic hydroxyl groups excluding tert-OH is 1. The first-order valence-corrected chi connectivity index (χ1v) is 7.30. The molecule has 0 aromatic carbocycles. The molecule has 19 heavy (non-hydrogen) atoms. The zero-order valence-corrected chi connectivity index (χ0v) is 11.9. The molecule has 1 aromatic heterocycles. The van der Waals surface area contributed by atoms with Crippen molar-refractivity contribution >= 4 is 23.0 Å². The van der Waals surface area contributed by atoms with Crippen molar-refractivity contribution in [2.24, 2.45) is 0 Å². The quantitative estimate of drug-likeness (QED) is 0.901. The van der Waals surface area contributed by atoms with E-state index < -0.39 is 11.9 Å². The number of thiophene rings is 1. The van der Waals surface area contributed by atoms with Crippen molar-refractivity contribution in [1.29, 1.82) is 0 Å². The molecule has 2 rings (SSSR count). The van der Waals surface area contributed by atoms with Crippen molar-refractivity contribution in [1.82, 2.24) is 4.90 Å². The molecule has 0 fully saturated rings. The highest BCUT2D eigenvalue weighted by molar-refractivity contribution is 7.10. The Hall–Kier alpha value is -1.62. The minimum atomic E-state index is -0.433. The van der Waals surface area contributed by atoms with E-state index >= 15 is 0 Å². The number of hydrogen-bond donors (Lipinski definition) is 1. The lowest BCUT2D eigenvalue weighted by atomic mass is 10.0. The number of hydrogen-bond acceptors (Lipinski definition) is 4. The molecule has 1 amide bonds. The van der Waals surface area contributed by atoms with Gasteiger partial charge in [0, 0.05) is 17.8 Å². The minimum absolute atomic E-state index is 0.164. The van der Waals surface area contributed by atoms with Crippen LogP contribution in [0, 0.1) is 0 Å². The van der Waals surface area contributed by atoms with Gasteiger partial charge in [-0.2, -0.15) is 0 Å². The summed E-state index contributed by atoms with van der Waals surface area (Å²) < 4.78 is 0. The van der Waals surface area contributed by atoms with Gasteiger partial charge in [0.1, 0.15) is 0 Å². The van der Waals surface area contributed by atoms with Crippen LogP contribution in [0.1, 0.15) is 37.6 Å². The Morgan fingerprint density at radius 3 is 2.74 bits per heavy atom. The number of ketones is 1. The van der Waals surface area contributed by atoms with Crippen LogP contribution >= 0.6 is 11.3 Å². The summed E-state index contributed by atoms with van der Waals surface area (Å²) >= 11 is 1.49. The molecule has 1 N–H and O–H groups in total. The fraction of sp³-hybridized carbons (Fsp3) is 0.429. The highest BCUT2D eigenvalue weighted by Gasteiger charge is 2.42. The molecule has 1 aliphatic heterocycles. The lowest BCUT2D eigenvalue weighted by Gasteiger charge is -2.24. The first-order chi connectivity index (χ1) is 9.11. The molecular formula is C14H17NO3S. The number of amides is 1. The Kier molecular flexibility index (Phi) is 4.04. The molecule has 0 saturated carbocycles. The molecule has 0 radical (unpaired) electrons. The molecule has 2 heterocycles. The number of carbonyl (C=O) groups is 2. The van der Waals surface area contributed by atoms with Crippen LogP contribution in [-0.2, 0) is 9.59 Å². The Balaban J connectivity index is 2.48. The van der Waals surface area contributed by atoms with Crippen LogP contribution < -0.4 is 0 Å². The molecule has 1 unspecified atom stereocenters. The van der Waals surface area contributed by atoms with Crippen LogP contribution in [0.25, 0.3) is 0 Å². The van der Waals surface area contributed by atoms with Crippen LogP contribution in [0.2, 0.25) is 0 Å². The smallest absolute Gasteiger partial charge is 0.290 e. The zero-order chi connectivity index (χ0) is 14.0. The Bertz CT molecular complexity index is 519. The van der Waals surface area contributed by atoms with Gasteiger partial charge in [0.15, 0.2) is 11.5 Å². The number of Topliss-reactive ketones (excluding diaryl/α,β-unsaturated/α-hetero) is 1. The fourth-order valence-electron chi connectivity index (χ4n) is 2.34. The van der Waals surface area contributed by atoms with Gasteiger partial charge in [0.2, 0.25) is 0 Å². The molecule has 0 aliphatic carbocycles. The number of rotatable bonds is 5. The molecule has 0 bridgehead atoms. The maximum absolute atomic E-state index is 12.1. The molecule has 1 atom stereocenters. The molecule has 1 aromatic rings. The first-order valence-electron chi connectivity index (χ1n) is 6.42. The number of nitrogens with zero attached hydrogens (tertiary/aromatic N) is 1. The van der Waals surface area contributed by atoms with Gasteiger partial charge in [-0.3, -0.25) is 9.59 Å². The van der Waals surface area contributed by atoms with E-state index in [-0.39, 0.29) is 23.5 Å². The van der Waals surface area contributed by atoms with E-state index in [1.54, 1.807) is 11.8 Å². The third kappa shape index (κ3) is 2.30. The van der Waals surface area contributed by atoms with Crippen molar-refractivity contribution in [3.8, 4) is 0 Å². The average Bonchev–Trinajstić information content (AvgIpc) is 3.00.